The minimum atomic E-state index is 0.352. The lowest BCUT2D eigenvalue weighted by molar-refractivity contribution is -0.0118. The van der Waals surface area contributed by atoms with E-state index in [-0.39, 0.29) is 0 Å². The average Bonchev–Trinajstić information content (AvgIpc) is 2.24. The van der Waals surface area contributed by atoms with E-state index in [0.717, 1.165) is 12.5 Å². The van der Waals surface area contributed by atoms with Crippen LogP contribution in [0.5, 0.6) is 0 Å². The van der Waals surface area contributed by atoms with Crippen molar-refractivity contribution in [1.82, 2.24) is 5.32 Å². The predicted molar refractivity (Wildman–Crippen MR) is 66.2 cm³/mol. The molecule has 0 saturated carbocycles. The first-order chi connectivity index (χ1) is 7.24. The van der Waals surface area contributed by atoms with Gasteiger partial charge in [-0.3, -0.25) is 0 Å². The smallest absolute Gasteiger partial charge is 0.0692 e. The molecule has 15 heavy (non-hydrogen) atoms. The van der Waals surface area contributed by atoms with Crippen LogP contribution in [0.15, 0.2) is 0 Å². The van der Waals surface area contributed by atoms with Gasteiger partial charge in [-0.05, 0) is 31.1 Å². The molecule has 0 radical (unpaired) electrons. The first kappa shape index (κ1) is 11.7. The van der Waals surface area contributed by atoms with E-state index in [9.17, 15) is 0 Å². The molecule has 0 aromatic rings. The van der Waals surface area contributed by atoms with Gasteiger partial charge in [0.1, 0.15) is 0 Å². The summed E-state index contributed by atoms with van der Waals surface area (Å²) < 4.78 is 5.82. The molecule has 2 rings (SSSR count). The van der Waals surface area contributed by atoms with Gasteiger partial charge in [-0.25, -0.2) is 0 Å². The molecule has 1 spiro atoms. The maximum atomic E-state index is 5.82. The zero-order chi connectivity index (χ0) is 10.7. The summed E-state index contributed by atoms with van der Waals surface area (Å²) in [7, 11) is 0. The van der Waals surface area contributed by atoms with Gasteiger partial charge in [-0.2, -0.15) is 0 Å². The third-order valence-electron chi connectivity index (χ3n) is 3.44. The van der Waals surface area contributed by atoms with Gasteiger partial charge in [0.25, 0.3) is 0 Å². The third kappa shape index (κ3) is 2.89. The van der Waals surface area contributed by atoms with Crippen LogP contribution in [0.25, 0.3) is 0 Å². The van der Waals surface area contributed by atoms with E-state index in [1.165, 1.54) is 38.0 Å². The summed E-state index contributed by atoms with van der Waals surface area (Å²) in [5, 5.41) is 3.76. The van der Waals surface area contributed by atoms with E-state index in [1.807, 2.05) is 0 Å². The Morgan fingerprint density at radius 3 is 3.07 bits per heavy atom. The molecule has 2 aliphatic rings. The van der Waals surface area contributed by atoms with Gasteiger partial charge < -0.3 is 10.1 Å². The summed E-state index contributed by atoms with van der Waals surface area (Å²) in [5.41, 5.74) is 0. The Bertz CT molecular complexity index is 200. The number of nitrogens with one attached hydrogen (secondary N) is 1. The van der Waals surface area contributed by atoms with Gasteiger partial charge >= 0.3 is 0 Å². The molecule has 3 unspecified atom stereocenters. The van der Waals surface area contributed by atoms with Crippen molar-refractivity contribution in [3.63, 3.8) is 0 Å². The third-order valence-corrected chi connectivity index (χ3v) is 5.25. The second-order valence-corrected chi connectivity index (χ2v) is 6.43. The van der Waals surface area contributed by atoms with Crippen LogP contribution < -0.4 is 5.32 Å². The lowest BCUT2D eigenvalue weighted by Crippen LogP contribution is -2.53. The summed E-state index contributed by atoms with van der Waals surface area (Å²) in [5.74, 6) is 2.14. The van der Waals surface area contributed by atoms with Gasteiger partial charge in [0.05, 0.1) is 11.0 Å². The van der Waals surface area contributed by atoms with Crippen molar-refractivity contribution in [2.75, 3.05) is 18.9 Å². The monoisotopic (exact) mass is 229 g/mol. The highest BCUT2D eigenvalue weighted by atomic mass is 32.2. The molecular weight excluding hydrogens is 206 g/mol. The van der Waals surface area contributed by atoms with Crippen LogP contribution in [0, 0.1) is 5.92 Å². The molecule has 0 aromatic carbocycles. The second-order valence-electron chi connectivity index (χ2n) is 5.03. The lowest BCUT2D eigenvalue weighted by Gasteiger charge is -2.45. The van der Waals surface area contributed by atoms with E-state index in [1.54, 1.807) is 0 Å². The van der Waals surface area contributed by atoms with E-state index >= 15 is 0 Å². The number of hydrogen-bond donors (Lipinski definition) is 1. The van der Waals surface area contributed by atoms with Gasteiger partial charge in [0.15, 0.2) is 0 Å². The molecule has 3 atom stereocenters. The number of rotatable bonds is 2. The van der Waals surface area contributed by atoms with Gasteiger partial charge in [0, 0.05) is 13.0 Å². The second kappa shape index (κ2) is 5.07. The highest BCUT2D eigenvalue weighted by Crippen LogP contribution is 2.39. The molecule has 2 fully saturated rings. The fraction of sp³-hybridized carbons (Fsp3) is 1.00. The Balaban J connectivity index is 1.90. The zero-order valence-corrected chi connectivity index (χ0v) is 10.7. The SMILES string of the molecule is CCCC1CC2(CCO1)NCC(C)CS2. The Kier molecular flexibility index (Phi) is 3.97. The average molecular weight is 229 g/mol. The Morgan fingerprint density at radius 1 is 1.53 bits per heavy atom. The van der Waals surface area contributed by atoms with Crippen molar-refractivity contribution in [1.29, 1.82) is 0 Å². The van der Waals surface area contributed by atoms with Crippen molar-refractivity contribution >= 4 is 11.8 Å². The van der Waals surface area contributed by atoms with Gasteiger partial charge in [-0.1, -0.05) is 20.3 Å². The normalized spacial score (nSPS) is 42.0. The van der Waals surface area contributed by atoms with Crippen LogP contribution in [0.1, 0.15) is 39.5 Å². The minimum Gasteiger partial charge on any atom is -0.378 e. The zero-order valence-electron chi connectivity index (χ0n) is 9.92. The highest BCUT2D eigenvalue weighted by Gasteiger charge is 2.39. The summed E-state index contributed by atoms with van der Waals surface area (Å²) >= 11 is 2.13. The fourth-order valence-electron chi connectivity index (χ4n) is 2.49. The molecule has 2 heterocycles. The first-order valence-corrected chi connectivity index (χ1v) is 7.23. The van der Waals surface area contributed by atoms with Gasteiger partial charge in [-0.15, -0.1) is 11.8 Å². The maximum Gasteiger partial charge on any atom is 0.0692 e. The summed E-state index contributed by atoms with van der Waals surface area (Å²) in [6.07, 6.45) is 5.35. The van der Waals surface area contributed by atoms with E-state index in [2.05, 4.69) is 30.9 Å². The van der Waals surface area contributed by atoms with Crippen molar-refractivity contribution in [2.45, 2.75) is 50.5 Å². The minimum absolute atomic E-state index is 0.352. The summed E-state index contributed by atoms with van der Waals surface area (Å²) in [4.78, 5) is 0.352. The molecule has 2 saturated heterocycles. The van der Waals surface area contributed by atoms with Crippen molar-refractivity contribution < 1.29 is 4.74 Å². The predicted octanol–water partition coefficient (Wildman–Crippen LogP) is 2.63. The van der Waals surface area contributed by atoms with E-state index in [0.29, 0.717) is 11.0 Å². The lowest BCUT2D eigenvalue weighted by atomic mass is 9.98. The first-order valence-electron chi connectivity index (χ1n) is 6.25. The van der Waals surface area contributed by atoms with Crippen LogP contribution >= 0.6 is 11.8 Å². The standard InChI is InChI=1S/C12H23NOS/c1-3-4-11-7-12(5-6-14-11)13-8-10(2)9-15-12/h10-11,13H,3-9H2,1-2H3. The molecular formula is C12H23NOS. The number of ether oxygens (including phenoxy) is 1. The Morgan fingerprint density at radius 2 is 2.40 bits per heavy atom. The van der Waals surface area contributed by atoms with E-state index in [4.69, 9.17) is 4.74 Å². The number of hydrogen-bond acceptors (Lipinski definition) is 3. The summed E-state index contributed by atoms with van der Waals surface area (Å²) in [6, 6.07) is 0. The molecule has 2 aliphatic heterocycles. The van der Waals surface area contributed by atoms with Crippen LogP contribution in [-0.4, -0.2) is 29.9 Å². The van der Waals surface area contributed by atoms with Crippen LogP contribution in [0.4, 0.5) is 0 Å². The Hall–Kier alpha value is 0.270. The molecule has 2 nitrogen and oxygen atoms in total. The van der Waals surface area contributed by atoms with E-state index < -0.39 is 0 Å². The van der Waals surface area contributed by atoms with Crippen molar-refractivity contribution in [3.8, 4) is 0 Å². The Labute approximate surface area is 97.5 Å². The van der Waals surface area contributed by atoms with Gasteiger partial charge in [0.2, 0.25) is 0 Å². The quantitative estimate of drug-likeness (QED) is 0.786. The maximum absolute atomic E-state index is 5.82. The molecule has 0 amide bonds. The van der Waals surface area contributed by atoms with Crippen LogP contribution in [0.3, 0.4) is 0 Å². The molecule has 88 valence electrons. The molecule has 0 bridgehead atoms. The fourth-order valence-corrected chi connectivity index (χ4v) is 3.93. The molecule has 0 aliphatic carbocycles. The molecule has 3 heteroatoms. The van der Waals surface area contributed by atoms with Crippen molar-refractivity contribution in [2.24, 2.45) is 5.92 Å². The number of thioether (sulfide) groups is 1. The highest BCUT2D eigenvalue weighted by molar-refractivity contribution is 8.00. The summed E-state index contributed by atoms with van der Waals surface area (Å²) in [6.45, 7) is 6.70. The van der Waals surface area contributed by atoms with Crippen LogP contribution in [-0.2, 0) is 4.74 Å². The van der Waals surface area contributed by atoms with Crippen molar-refractivity contribution in [3.05, 3.63) is 0 Å². The molecule has 1 N–H and O–H groups in total. The molecule has 0 aromatic heterocycles. The van der Waals surface area contributed by atoms with Crippen LogP contribution in [0.2, 0.25) is 0 Å². The topological polar surface area (TPSA) is 21.3 Å². The largest absolute Gasteiger partial charge is 0.378 e.